The van der Waals surface area contributed by atoms with Crippen molar-refractivity contribution in [2.45, 2.75) is 56.8 Å². The lowest BCUT2D eigenvalue weighted by atomic mass is 9.97. The maximum atomic E-state index is 13.5. The van der Waals surface area contributed by atoms with E-state index in [4.69, 9.17) is 25.8 Å². The van der Waals surface area contributed by atoms with E-state index in [1.807, 2.05) is 13.8 Å². The van der Waals surface area contributed by atoms with Crippen molar-refractivity contribution in [2.24, 2.45) is 0 Å². The number of hydrogen-bond acceptors (Lipinski definition) is 11. The van der Waals surface area contributed by atoms with Crippen LogP contribution in [0.25, 0.3) is 5.69 Å². The van der Waals surface area contributed by atoms with Crippen LogP contribution in [0.15, 0.2) is 18.7 Å². The fraction of sp³-hybridized carbons (Fsp3) is 0.545. The van der Waals surface area contributed by atoms with Gasteiger partial charge in [0.15, 0.2) is 5.69 Å². The molecule has 1 saturated heterocycles. The lowest BCUT2D eigenvalue weighted by Crippen LogP contribution is -2.31. The molecule has 0 aliphatic carbocycles. The maximum absolute atomic E-state index is 13.5. The number of aromatic nitrogens is 7. The minimum Gasteiger partial charge on any atom is -0.479 e. The van der Waals surface area contributed by atoms with E-state index in [1.165, 1.54) is 37.5 Å². The molecule has 1 aliphatic rings. The average Bonchev–Trinajstić information content (AvgIpc) is 3.44. The quantitative estimate of drug-likeness (QED) is 0.416. The Morgan fingerprint density at radius 1 is 1.11 bits per heavy atom. The molecule has 13 nitrogen and oxygen atoms in total. The van der Waals surface area contributed by atoms with Crippen molar-refractivity contribution < 1.29 is 22.6 Å². The summed E-state index contributed by atoms with van der Waals surface area (Å²) in [7, 11) is -1.13. The van der Waals surface area contributed by atoms with Crippen molar-refractivity contribution in [3.63, 3.8) is 0 Å². The largest absolute Gasteiger partial charge is 0.479 e. The van der Waals surface area contributed by atoms with E-state index >= 15 is 0 Å². The van der Waals surface area contributed by atoms with Crippen LogP contribution in [0.2, 0.25) is 5.02 Å². The third-order valence-electron chi connectivity index (χ3n) is 6.31. The van der Waals surface area contributed by atoms with Gasteiger partial charge in [-0.05, 0) is 27.2 Å². The summed E-state index contributed by atoms with van der Waals surface area (Å²) in [5.74, 6) is 0.297. The third-order valence-corrected chi connectivity index (χ3v) is 8.36. The summed E-state index contributed by atoms with van der Waals surface area (Å²) in [6.45, 7) is 7.61. The molecule has 4 rings (SSSR count). The molecule has 0 aromatic carbocycles. The second-order valence-corrected chi connectivity index (χ2v) is 11.8. The van der Waals surface area contributed by atoms with E-state index in [1.54, 1.807) is 13.8 Å². The monoisotopic (exact) mass is 552 g/mol. The van der Waals surface area contributed by atoms with Crippen LogP contribution in [0.4, 0.5) is 5.95 Å². The SMILES string of the molecule is COc1ncnc(OC)c1-n1c(NS(=O)(=O)[C@@H](C)[C@H](C)c2ncc(Cl)cn2)nnc1[C@H]1COC(C)(C)C1. The molecule has 3 aromatic heterocycles. The molecular formula is C22H29ClN8O5S. The molecule has 1 aliphatic heterocycles. The summed E-state index contributed by atoms with van der Waals surface area (Å²) in [6.07, 6.45) is 4.77. The van der Waals surface area contributed by atoms with Crippen LogP contribution in [0.3, 0.4) is 0 Å². The number of nitrogens with one attached hydrogen (secondary N) is 1. The zero-order chi connectivity index (χ0) is 27.0. The number of nitrogens with zero attached hydrogens (tertiary/aromatic N) is 7. The van der Waals surface area contributed by atoms with Crippen LogP contribution >= 0.6 is 11.6 Å². The van der Waals surface area contributed by atoms with E-state index in [2.05, 4.69) is 34.9 Å². The summed E-state index contributed by atoms with van der Waals surface area (Å²) in [5, 5.41) is 7.97. The van der Waals surface area contributed by atoms with Gasteiger partial charge in [-0.1, -0.05) is 18.5 Å². The second kappa shape index (κ2) is 10.3. The smallest absolute Gasteiger partial charge is 0.245 e. The Hall–Kier alpha value is -3.10. The van der Waals surface area contributed by atoms with Crippen LogP contribution in [-0.4, -0.2) is 74.8 Å². The van der Waals surface area contributed by atoms with Gasteiger partial charge in [-0.15, -0.1) is 10.2 Å². The van der Waals surface area contributed by atoms with Crippen LogP contribution in [0.1, 0.15) is 57.6 Å². The molecule has 0 radical (unpaired) electrons. The molecule has 15 heteroatoms. The molecule has 0 bridgehead atoms. The fourth-order valence-corrected chi connectivity index (χ4v) is 5.47. The minimum absolute atomic E-state index is 0.0674. The maximum Gasteiger partial charge on any atom is 0.245 e. The molecule has 0 unspecified atom stereocenters. The number of rotatable bonds is 9. The molecule has 37 heavy (non-hydrogen) atoms. The summed E-state index contributed by atoms with van der Waals surface area (Å²) >= 11 is 5.88. The molecule has 0 amide bonds. The van der Waals surface area contributed by atoms with E-state index < -0.39 is 21.2 Å². The Balaban J connectivity index is 1.78. The highest BCUT2D eigenvalue weighted by molar-refractivity contribution is 7.93. The van der Waals surface area contributed by atoms with E-state index in [-0.39, 0.29) is 34.9 Å². The lowest BCUT2D eigenvalue weighted by molar-refractivity contribution is 0.0360. The number of hydrogen-bond donors (Lipinski definition) is 1. The minimum atomic E-state index is -4.01. The van der Waals surface area contributed by atoms with Crippen molar-refractivity contribution in [2.75, 3.05) is 25.5 Å². The van der Waals surface area contributed by atoms with Gasteiger partial charge in [0.25, 0.3) is 0 Å². The van der Waals surface area contributed by atoms with Crippen molar-refractivity contribution in [1.82, 2.24) is 34.7 Å². The average molecular weight is 553 g/mol. The second-order valence-electron chi connectivity index (χ2n) is 9.33. The van der Waals surface area contributed by atoms with Gasteiger partial charge in [0.2, 0.25) is 27.7 Å². The van der Waals surface area contributed by atoms with Crippen molar-refractivity contribution in [1.29, 1.82) is 0 Å². The molecule has 3 aromatic rings. The zero-order valence-electron chi connectivity index (χ0n) is 21.3. The first kappa shape index (κ1) is 26.9. The van der Waals surface area contributed by atoms with Crippen LogP contribution in [0, 0.1) is 0 Å². The number of anilines is 1. The predicted octanol–water partition coefficient (Wildman–Crippen LogP) is 2.73. The van der Waals surface area contributed by atoms with Gasteiger partial charge < -0.3 is 14.2 Å². The Bertz CT molecular complexity index is 1340. The number of halogens is 1. The number of sulfonamides is 1. The number of ether oxygens (including phenoxy) is 3. The van der Waals surface area contributed by atoms with E-state index in [0.717, 1.165) is 0 Å². The van der Waals surface area contributed by atoms with Crippen molar-refractivity contribution in [3.05, 3.63) is 35.4 Å². The fourth-order valence-electron chi connectivity index (χ4n) is 4.14. The number of methoxy groups -OCH3 is 2. The molecule has 1 N–H and O–H groups in total. The Morgan fingerprint density at radius 3 is 2.27 bits per heavy atom. The summed E-state index contributed by atoms with van der Waals surface area (Å²) in [6, 6.07) is 0. The molecule has 0 saturated carbocycles. The Morgan fingerprint density at radius 2 is 1.73 bits per heavy atom. The van der Waals surface area contributed by atoms with E-state index in [9.17, 15) is 8.42 Å². The van der Waals surface area contributed by atoms with Gasteiger partial charge >= 0.3 is 0 Å². The van der Waals surface area contributed by atoms with E-state index in [0.29, 0.717) is 29.7 Å². The molecule has 4 heterocycles. The first-order chi connectivity index (χ1) is 17.5. The van der Waals surface area contributed by atoms with Gasteiger partial charge in [0.1, 0.15) is 18.0 Å². The van der Waals surface area contributed by atoms with Gasteiger partial charge in [0, 0.05) is 24.2 Å². The first-order valence-electron chi connectivity index (χ1n) is 11.5. The topological polar surface area (TPSA) is 156 Å². The Labute approximate surface area is 220 Å². The van der Waals surface area contributed by atoms with Crippen molar-refractivity contribution in [3.8, 4) is 17.4 Å². The van der Waals surface area contributed by atoms with Gasteiger partial charge in [-0.3, -0.25) is 9.29 Å². The summed E-state index contributed by atoms with van der Waals surface area (Å²) in [4.78, 5) is 16.7. The first-order valence-corrected chi connectivity index (χ1v) is 13.4. The molecule has 3 atom stereocenters. The summed E-state index contributed by atoms with van der Waals surface area (Å²) < 4.78 is 48.0. The molecule has 200 valence electrons. The molecule has 0 spiro atoms. The standard InChI is InChI=1S/C22H29ClN8O5S/c1-12(17-24-8-15(23)9-25-17)13(2)37(32,33)30-21-29-28-18(14-7-22(3,4)36-10-14)31(21)16-19(34-5)26-11-27-20(16)35-6/h8-9,11-14H,7,10H2,1-6H3,(H,29,30)/t12-,13-,14+/m0/s1. The van der Waals surface area contributed by atoms with Crippen LogP contribution in [0.5, 0.6) is 11.8 Å². The molecular weight excluding hydrogens is 524 g/mol. The highest BCUT2D eigenvalue weighted by Gasteiger charge is 2.39. The predicted molar refractivity (Wildman–Crippen MR) is 135 cm³/mol. The lowest BCUT2D eigenvalue weighted by Gasteiger charge is -2.21. The van der Waals surface area contributed by atoms with Crippen LogP contribution in [-0.2, 0) is 14.8 Å². The molecule has 1 fully saturated rings. The third kappa shape index (κ3) is 5.45. The Kier molecular flexibility index (Phi) is 7.53. The van der Waals surface area contributed by atoms with Gasteiger partial charge in [0.05, 0.1) is 36.7 Å². The van der Waals surface area contributed by atoms with Gasteiger partial charge in [-0.2, -0.15) is 9.97 Å². The highest BCUT2D eigenvalue weighted by Crippen LogP contribution is 2.40. The highest BCUT2D eigenvalue weighted by atomic mass is 35.5. The van der Waals surface area contributed by atoms with Crippen molar-refractivity contribution >= 4 is 27.6 Å². The van der Waals surface area contributed by atoms with Crippen LogP contribution < -0.4 is 14.2 Å². The summed E-state index contributed by atoms with van der Waals surface area (Å²) in [5.41, 5.74) is -0.123. The van der Waals surface area contributed by atoms with Gasteiger partial charge in [-0.25, -0.2) is 18.4 Å². The normalized spacial score (nSPS) is 18.8. The zero-order valence-corrected chi connectivity index (χ0v) is 22.9.